The molecule has 0 bridgehead atoms. The lowest BCUT2D eigenvalue weighted by Crippen LogP contribution is -2.37. The molecule has 7 heteroatoms. The van der Waals surface area contributed by atoms with E-state index in [1.165, 1.54) is 12.8 Å². The van der Waals surface area contributed by atoms with Crippen molar-refractivity contribution in [2.75, 3.05) is 40.4 Å². The van der Waals surface area contributed by atoms with Crippen molar-refractivity contribution in [1.82, 2.24) is 0 Å². The standard InChI is InChI=1S/C20H25N3O3S/c1-16-5-9-19(10-6-16)23(27(2,25)26)15-20(24)21-17-7-11-18(12-8-17)22-13-3-4-14-22/h5-12H,3-4,13-15H2,1-2H3,(H,21,24). The van der Waals surface area contributed by atoms with Crippen molar-refractivity contribution in [3.8, 4) is 0 Å². The van der Waals surface area contributed by atoms with Crippen LogP contribution in [0.2, 0.25) is 0 Å². The lowest BCUT2D eigenvalue weighted by atomic mass is 10.2. The van der Waals surface area contributed by atoms with Crippen molar-refractivity contribution in [2.24, 2.45) is 0 Å². The topological polar surface area (TPSA) is 69.7 Å². The van der Waals surface area contributed by atoms with E-state index in [1.807, 2.05) is 43.3 Å². The molecule has 6 nitrogen and oxygen atoms in total. The third-order valence-corrected chi connectivity index (χ3v) is 5.77. The van der Waals surface area contributed by atoms with Crippen molar-refractivity contribution in [3.63, 3.8) is 0 Å². The molecule has 0 unspecified atom stereocenters. The highest BCUT2D eigenvalue weighted by atomic mass is 32.2. The van der Waals surface area contributed by atoms with Gasteiger partial charge in [0.25, 0.3) is 0 Å². The number of nitrogens with zero attached hydrogens (tertiary/aromatic N) is 2. The summed E-state index contributed by atoms with van der Waals surface area (Å²) in [5.41, 5.74) is 3.29. The number of sulfonamides is 1. The van der Waals surface area contributed by atoms with Gasteiger partial charge in [-0.2, -0.15) is 0 Å². The van der Waals surface area contributed by atoms with Gasteiger partial charge in [-0.3, -0.25) is 9.10 Å². The predicted octanol–water partition coefficient (Wildman–Crippen LogP) is 3.00. The molecule has 1 heterocycles. The van der Waals surface area contributed by atoms with E-state index in [4.69, 9.17) is 0 Å². The minimum Gasteiger partial charge on any atom is -0.372 e. The highest BCUT2D eigenvalue weighted by Gasteiger charge is 2.21. The van der Waals surface area contributed by atoms with Gasteiger partial charge in [0.1, 0.15) is 6.54 Å². The fourth-order valence-electron chi connectivity index (χ4n) is 3.17. The van der Waals surface area contributed by atoms with E-state index in [0.717, 1.165) is 34.9 Å². The first-order valence-electron chi connectivity index (χ1n) is 9.02. The first kappa shape index (κ1) is 19.2. The van der Waals surface area contributed by atoms with Crippen LogP contribution in [0, 0.1) is 6.92 Å². The van der Waals surface area contributed by atoms with Crippen LogP contribution in [0.15, 0.2) is 48.5 Å². The Hall–Kier alpha value is -2.54. The molecule has 0 aliphatic carbocycles. The van der Waals surface area contributed by atoms with Crippen molar-refractivity contribution in [2.45, 2.75) is 19.8 Å². The Labute approximate surface area is 160 Å². The molecule has 2 aromatic carbocycles. The number of carbonyl (C=O) groups excluding carboxylic acids is 1. The average Bonchev–Trinajstić information content (AvgIpc) is 3.15. The number of benzene rings is 2. The van der Waals surface area contributed by atoms with Gasteiger partial charge in [-0.05, 0) is 56.2 Å². The van der Waals surface area contributed by atoms with Crippen molar-refractivity contribution < 1.29 is 13.2 Å². The maximum absolute atomic E-state index is 12.4. The maximum atomic E-state index is 12.4. The second-order valence-electron chi connectivity index (χ2n) is 6.89. The molecule has 0 atom stereocenters. The third-order valence-electron chi connectivity index (χ3n) is 4.63. The van der Waals surface area contributed by atoms with Crippen LogP contribution in [0.25, 0.3) is 0 Å². The van der Waals surface area contributed by atoms with E-state index in [1.54, 1.807) is 12.1 Å². The average molecular weight is 388 g/mol. The van der Waals surface area contributed by atoms with Gasteiger partial charge in [0.15, 0.2) is 0 Å². The van der Waals surface area contributed by atoms with Gasteiger partial charge in [0.05, 0.1) is 11.9 Å². The monoisotopic (exact) mass is 387 g/mol. The van der Waals surface area contributed by atoms with E-state index in [0.29, 0.717) is 11.4 Å². The zero-order chi connectivity index (χ0) is 19.4. The molecule has 2 aromatic rings. The van der Waals surface area contributed by atoms with Crippen LogP contribution in [-0.4, -0.2) is 40.2 Å². The minimum atomic E-state index is -3.57. The molecule has 0 saturated carbocycles. The van der Waals surface area contributed by atoms with Gasteiger partial charge < -0.3 is 10.2 Å². The van der Waals surface area contributed by atoms with Crippen LogP contribution in [0.3, 0.4) is 0 Å². The van der Waals surface area contributed by atoms with Gasteiger partial charge in [-0.25, -0.2) is 8.42 Å². The number of hydrogen-bond acceptors (Lipinski definition) is 4. The van der Waals surface area contributed by atoms with Crippen LogP contribution in [0.4, 0.5) is 17.1 Å². The summed E-state index contributed by atoms with van der Waals surface area (Å²) in [6, 6.07) is 14.7. The third kappa shape index (κ3) is 5.01. The molecule has 0 spiro atoms. The van der Waals surface area contributed by atoms with E-state index < -0.39 is 10.0 Å². The quantitative estimate of drug-likeness (QED) is 0.827. The van der Waals surface area contributed by atoms with Crippen molar-refractivity contribution in [3.05, 3.63) is 54.1 Å². The van der Waals surface area contributed by atoms with Crippen LogP contribution < -0.4 is 14.5 Å². The highest BCUT2D eigenvalue weighted by Crippen LogP contribution is 2.22. The van der Waals surface area contributed by atoms with Crippen LogP contribution in [0.1, 0.15) is 18.4 Å². The smallest absolute Gasteiger partial charge is 0.245 e. The molecule has 1 N–H and O–H groups in total. The van der Waals surface area contributed by atoms with Gasteiger partial charge in [-0.15, -0.1) is 0 Å². The Morgan fingerprint density at radius 2 is 1.63 bits per heavy atom. The summed E-state index contributed by atoms with van der Waals surface area (Å²) in [4.78, 5) is 14.7. The molecule has 1 amide bonds. The second-order valence-corrected chi connectivity index (χ2v) is 8.80. The van der Waals surface area contributed by atoms with E-state index >= 15 is 0 Å². The molecule has 144 valence electrons. The van der Waals surface area contributed by atoms with Gasteiger partial charge in [0, 0.05) is 24.5 Å². The molecular weight excluding hydrogens is 362 g/mol. The molecule has 1 fully saturated rings. The fourth-order valence-corrected chi connectivity index (χ4v) is 4.03. The summed E-state index contributed by atoms with van der Waals surface area (Å²) in [7, 11) is -3.57. The van der Waals surface area contributed by atoms with Crippen molar-refractivity contribution in [1.29, 1.82) is 0 Å². The van der Waals surface area contributed by atoms with Gasteiger partial charge in [-0.1, -0.05) is 17.7 Å². The lowest BCUT2D eigenvalue weighted by molar-refractivity contribution is -0.114. The lowest BCUT2D eigenvalue weighted by Gasteiger charge is -2.22. The van der Waals surface area contributed by atoms with E-state index in [2.05, 4.69) is 10.2 Å². The summed E-state index contributed by atoms with van der Waals surface area (Å²) >= 11 is 0. The zero-order valence-corrected chi connectivity index (χ0v) is 16.5. The van der Waals surface area contributed by atoms with Crippen molar-refractivity contribution >= 4 is 33.0 Å². The second kappa shape index (κ2) is 8.00. The summed E-state index contributed by atoms with van der Waals surface area (Å²) in [6.07, 6.45) is 3.52. The minimum absolute atomic E-state index is 0.268. The fraction of sp³-hybridized carbons (Fsp3) is 0.350. The maximum Gasteiger partial charge on any atom is 0.245 e. The van der Waals surface area contributed by atoms with Gasteiger partial charge in [0.2, 0.25) is 15.9 Å². The summed E-state index contributed by atoms with van der Waals surface area (Å²) in [5, 5.41) is 2.78. The number of hydrogen-bond donors (Lipinski definition) is 1. The first-order chi connectivity index (χ1) is 12.8. The Bertz CT molecular complexity index is 887. The van der Waals surface area contributed by atoms with Crippen LogP contribution in [-0.2, 0) is 14.8 Å². The largest absolute Gasteiger partial charge is 0.372 e. The number of amides is 1. The Kier molecular flexibility index (Phi) is 5.70. The number of anilines is 3. The Morgan fingerprint density at radius 3 is 2.19 bits per heavy atom. The van der Waals surface area contributed by atoms with E-state index in [9.17, 15) is 13.2 Å². The molecular formula is C20H25N3O3S. The summed E-state index contributed by atoms with van der Waals surface area (Å²) in [6.45, 7) is 3.78. The Balaban J connectivity index is 1.68. The predicted molar refractivity (Wildman–Crippen MR) is 110 cm³/mol. The zero-order valence-electron chi connectivity index (χ0n) is 15.7. The molecule has 1 aliphatic rings. The Morgan fingerprint density at radius 1 is 1.04 bits per heavy atom. The summed E-state index contributed by atoms with van der Waals surface area (Å²) < 4.78 is 25.4. The van der Waals surface area contributed by atoms with Gasteiger partial charge >= 0.3 is 0 Å². The summed E-state index contributed by atoms with van der Waals surface area (Å²) in [5.74, 6) is -0.380. The van der Waals surface area contributed by atoms with E-state index in [-0.39, 0.29) is 12.5 Å². The molecule has 1 saturated heterocycles. The number of rotatable bonds is 6. The number of carbonyl (C=O) groups is 1. The van der Waals surface area contributed by atoms with Crippen LogP contribution in [0.5, 0.6) is 0 Å². The highest BCUT2D eigenvalue weighted by molar-refractivity contribution is 7.92. The molecule has 0 aromatic heterocycles. The molecule has 0 radical (unpaired) electrons. The van der Waals surface area contributed by atoms with Crippen LogP contribution >= 0.6 is 0 Å². The molecule has 27 heavy (non-hydrogen) atoms. The SMILES string of the molecule is Cc1ccc(N(CC(=O)Nc2ccc(N3CCCC3)cc2)S(C)(=O)=O)cc1. The normalized spacial score (nSPS) is 14.2. The molecule has 3 rings (SSSR count). The number of nitrogens with one attached hydrogen (secondary N) is 1. The number of aryl methyl sites for hydroxylation is 1. The molecule has 1 aliphatic heterocycles. The first-order valence-corrected chi connectivity index (χ1v) is 10.9.